The molecule has 0 aliphatic carbocycles. The van der Waals surface area contributed by atoms with Crippen LogP contribution >= 0.6 is 11.6 Å². The van der Waals surface area contributed by atoms with E-state index in [4.69, 9.17) is 11.6 Å². The molecule has 0 saturated carbocycles. The maximum atomic E-state index is 13.0. The molecule has 32 heavy (non-hydrogen) atoms. The van der Waals surface area contributed by atoms with Gasteiger partial charge < -0.3 is 10.1 Å². The Hall–Kier alpha value is -3.36. The molecular weight excluding hydrogens is 452 g/mol. The van der Waals surface area contributed by atoms with Crippen molar-refractivity contribution in [3.63, 3.8) is 0 Å². The Morgan fingerprint density at radius 3 is 2.25 bits per heavy atom. The SMILES string of the molecule is COC(=O)c1ccc(Cl)c(NC(=O)c2ccc(C)c(S(=O)(=O)Nc3ccccc3C)c2)c1. The summed E-state index contributed by atoms with van der Waals surface area (Å²) in [6.07, 6.45) is 0. The number of hydrogen-bond donors (Lipinski definition) is 2. The van der Waals surface area contributed by atoms with Crippen molar-refractivity contribution in [2.45, 2.75) is 18.7 Å². The molecule has 0 aliphatic rings. The molecule has 166 valence electrons. The lowest BCUT2D eigenvalue weighted by Gasteiger charge is -2.14. The first-order valence-electron chi connectivity index (χ1n) is 9.50. The highest BCUT2D eigenvalue weighted by Gasteiger charge is 2.21. The lowest BCUT2D eigenvalue weighted by Crippen LogP contribution is -2.18. The predicted octanol–water partition coefficient (Wildman–Crippen LogP) is 4.80. The Labute approximate surface area is 191 Å². The van der Waals surface area contributed by atoms with Crippen molar-refractivity contribution in [3.05, 3.63) is 87.9 Å². The fourth-order valence-corrected chi connectivity index (χ4v) is 4.55. The van der Waals surface area contributed by atoms with Gasteiger partial charge in [0.1, 0.15) is 0 Å². The van der Waals surface area contributed by atoms with Gasteiger partial charge in [0.2, 0.25) is 0 Å². The van der Waals surface area contributed by atoms with Crippen LogP contribution in [0.1, 0.15) is 31.8 Å². The molecule has 0 atom stereocenters. The first-order chi connectivity index (χ1) is 15.1. The highest BCUT2D eigenvalue weighted by molar-refractivity contribution is 7.92. The molecule has 2 N–H and O–H groups in total. The number of aryl methyl sites for hydroxylation is 2. The quantitative estimate of drug-likeness (QED) is 0.502. The molecule has 9 heteroatoms. The van der Waals surface area contributed by atoms with Crippen LogP contribution in [0.2, 0.25) is 5.02 Å². The number of carbonyl (C=O) groups excluding carboxylic acids is 2. The van der Waals surface area contributed by atoms with Crippen LogP contribution in [0.4, 0.5) is 11.4 Å². The van der Waals surface area contributed by atoms with E-state index in [9.17, 15) is 18.0 Å². The molecule has 0 unspecified atom stereocenters. The first kappa shape index (κ1) is 23.3. The lowest BCUT2D eigenvalue weighted by atomic mass is 10.1. The number of methoxy groups -OCH3 is 1. The number of rotatable bonds is 6. The van der Waals surface area contributed by atoms with Crippen LogP contribution in [0.3, 0.4) is 0 Å². The number of amides is 1. The Balaban J connectivity index is 1.91. The number of hydrogen-bond acceptors (Lipinski definition) is 5. The standard InChI is InChI=1S/C23H21ClN2O5S/c1-14-6-4-5-7-19(14)26-32(29,30)21-13-16(9-8-15(21)2)22(27)25-20-12-17(23(28)31-3)10-11-18(20)24/h4-13,26H,1-3H3,(H,25,27). The number of halogens is 1. The Morgan fingerprint density at radius 2 is 1.56 bits per heavy atom. The van der Waals surface area contributed by atoms with Crippen molar-refractivity contribution in [1.82, 2.24) is 0 Å². The van der Waals surface area contributed by atoms with Crippen LogP contribution < -0.4 is 10.0 Å². The summed E-state index contributed by atoms with van der Waals surface area (Å²) in [5.74, 6) is -1.16. The zero-order valence-electron chi connectivity index (χ0n) is 17.6. The van der Waals surface area contributed by atoms with Crippen LogP contribution in [0, 0.1) is 13.8 Å². The number of anilines is 2. The number of benzene rings is 3. The summed E-state index contributed by atoms with van der Waals surface area (Å²) in [6.45, 7) is 3.44. The minimum absolute atomic E-state index is 0.0252. The fourth-order valence-electron chi connectivity index (χ4n) is 2.98. The second-order valence-corrected chi connectivity index (χ2v) is 9.10. The van der Waals surface area contributed by atoms with Crippen LogP contribution in [0.25, 0.3) is 0 Å². The maximum absolute atomic E-state index is 13.0. The summed E-state index contributed by atoms with van der Waals surface area (Å²) in [5, 5.41) is 2.82. The third kappa shape index (κ3) is 5.09. The number of esters is 1. The zero-order chi connectivity index (χ0) is 23.5. The van der Waals surface area contributed by atoms with Gasteiger partial charge >= 0.3 is 5.97 Å². The second-order valence-electron chi connectivity index (χ2n) is 7.04. The first-order valence-corrected chi connectivity index (χ1v) is 11.4. The summed E-state index contributed by atoms with van der Waals surface area (Å²) >= 11 is 6.14. The molecule has 0 saturated heterocycles. The van der Waals surface area contributed by atoms with E-state index in [1.807, 2.05) is 6.07 Å². The van der Waals surface area contributed by atoms with E-state index in [1.165, 1.54) is 37.4 Å². The average molecular weight is 473 g/mol. The van der Waals surface area contributed by atoms with E-state index in [0.29, 0.717) is 11.3 Å². The lowest BCUT2D eigenvalue weighted by molar-refractivity contribution is 0.0600. The van der Waals surface area contributed by atoms with Crippen LogP contribution in [-0.2, 0) is 14.8 Å². The summed E-state index contributed by atoms with van der Waals surface area (Å²) in [7, 11) is -2.70. The average Bonchev–Trinajstić information content (AvgIpc) is 2.76. The van der Waals surface area contributed by atoms with Crippen molar-refractivity contribution in [2.75, 3.05) is 17.1 Å². The molecule has 0 heterocycles. The Morgan fingerprint density at radius 1 is 0.875 bits per heavy atom. The molecule has 3 rings (SSSR count). The molecule has 0 fully saturated rings. The van der Waals surface area contributed by atoms with Gasteiger partial charge in [-0.2, -0.15) is 0 Å². The van der Waals surface area contributed by atoms with Crippen LogP contribution in [-0.4, -0.2) is 27.4 Å². The van der Waals surface area contributed by atoms with Gasteiger partial charge in [-0.25, -0.2) is 13.2 Å². The van der Waals surface area contributed by atoms with Gasteiger partial charge in [0.15, 0.2) is 0 Å². The van der Waals surface area contributed by atoms with Gasteiger partial charge in [-0.15, -0.1) is 0 Å². The summed E-state index contributed by atoms with van der Waals surface area (Å²) < 4.78 is 33.2. The van der Waals surface area contributed by atoms with Gasteiger partial charge in [0.25, 0.3) is 15.9 Å². The molecular formula is C23H21ClN2O5S. The number of carbonyl (C=O) groups is 2. The molecule has 0 radical (unpaired) electrons. The van der Waals surface area contributed by atoms with E-state index < -0.39 is 21.9 Å². The van der Waals surface area contributed by atoms with E-state index in [2.05, 4.69) is 14.8 Å². The van der Waals surface area contributed by atoms with E-state index in [1.54, 1.807) is 38.1 Å². The molecule has 7 nitrogen and oxygen atoms in total. The molecule has 3 aromatic carbocycles. The van der Waals surface area contributed by atoms with Gasteiger partial charge in [-0.3, -0.25) is 9.52 Å². The van der Waals surface area contributed by atoms with Gasteiger partial charge in [0.05, 0.1) is 34.0 Å². The minimum Gasteiger partial charge on any atom is -0.465 e. The van der Waals surface area contributed by atoms with Crippen molar-refractivity contribution in [1.29, 1.82) is 0 Å². The fraction of sp³-hybridized carbons (Fsp3) is 0.130. The largest absolute Gasteiger partial charge is 0.465 e. The third-order valence-corrected chi connectivity index (χ3v) is 6.60. The summed E-state index contributed by atoms with van der Waals surface area (Å²) in [4.78, 5) is 24.5. The number of nitrogens with one attached hydrogen (secondary N) is 2. The highest BCUT2D eigenvalue weighted by atomic mass is 35.5. The molecule has 0 bridgehead atoms. The zero-order valence-corrected chi connectivity index (χ0v) is 19.2. The van der Waals surface area contributed by atoms with Crippen molar-refractivity contribution in [3.8, 4) is 0 Å². The molecule has 0 aliphatic heterocycles. The molecule has 0 spiro atoms. The Bertz CT molecular complexity index is 1310. The molecule has 1 amide bonds. The van der Waals surface area contributed by atoms with Crippen molar-refractivity contribution < 1.29 is 22.7 Å². The maximum Gasteiger partial charge on any atom is 0.337 e. The number of para-hydroxylation sites is 1. The van der Waals surface area contributed by atoms with E-state index >= 15 is 0 Å². The van der Waals surface area contributed by atoms with Crippen LogP contribution in [0.5, 0.6) is 0 Å². The monoisotopic (exact) mass is 472 g/mol. The summed E-state index contributed by atoms with van der Waals surface area (Å²) in [5.41, 5.74) is 2.22. The number of ether oxygens (including phenoxy) is 1. The third-order valence-electron chi connectivity index (χ3n) is 4.76. The van der Waals surface area contributed by atoms with Gasteiger partial charge in [-0.05, 0) is 61.4 Å². The predicted molar refractivity (Wildman–Crippen MR) is 124 cm³/mol. The van der Waals surface area contributed by atoms with Gasteiger partial charge in [-0.1, -0.05) is 35.9 Å². The smallest absolute Gasteiger partial charge is 0.337 e. The molecule has 3 aromatic rings. The molecule has 0 aromatic heterocycles. The van der Waals surface area contributed by atoms with E-state index in [0.717, 1.165) is 5.56 Å². The van der Waals surface area contributed by atoms with Crippen molar-refractivity contribution >= 4 is 44.9 Å². The van der Waals surface area contributed by atoms with Gasteiger partial charge in [0, 0.05) is 5.56 Å². The second kappa shape index (κ2) is 9.42. The normalized spacial score (nSPS) is 11.0. The Kier molecular flexibility index (Phi) is 6.86. The number of sulfonamides is 1. The van der Waals surface area contributed by atoms with E-state index in [-0.39, 0.29) is 26.7 Å². The summed E-state index contributed by atoms with van der Waals surface area (Å²) in [6, 6.07) is 15.7. The minimum atomic E-state index is -3.94. The highest BCUT2D eigenvalue weighted by Crippen LogP contribution is 2.26. The topological polar surface area (TPSA) is 102 Å². The van der Waals surface area contributed by atoms with Crippen molar-refractivity contribution in [2.24, 2.45) is 0 Å². The van der Waals surface area contributed by atoms with Crippen LogP contribution in [0.15, 0.2) is 65.6 Å².